The molecule has 3 nitrogen and oxygen atoms in total. The van der Waals surface area contributed by atoms with E-state index in [0.717, 1.165) is 31.7 Å². The van der Waals surface area contributed by atoms with E-state index in [1.807, 2.05) is 4.90 Å². The van der Waals surface area contributed by atoms with E-state index < -0.39 is 0 Å². The summed E-state index contributed by atoms with van der Waals surface area (Å²) < 4.78 is 0. The van der Waals surface area contributed by atoms with Gasteiger partial charge in [0.2, 0.25) is 5.91 Å². The minimum Gasteiger partial charge on any atom is -0.394 e. The standard InChI is InChI=1S/C13H23NO2/c15-10-12-6-3-9-14(12)13(16)8-7-11-4-1-2-5-11/h11-12,15H,1-10H2. The number of nitrogens with zero attached hydrogens (tertiary/aromatic N) is 1. The Labute approximate surface area is 97.8 Å². The van der Waals surface area contributed by atoms with E-state index >= 15 is 0 Å². The van der Waals surface area contributed by atoms with Gasteiger partial charge in [-0.3, -0.25) is 4.79 Å². The zero-order valence-electron chi connectivity index (χ0n) is 10.0. The largest absolute Gasteiger partial charge is 0.394 e. The summed E-state index contributed by atoms with van der Waals surface area (Å²) >= 11 is 0. The van der Waals surface area contributed by atoms with Gasteiger partial charge in [0.05, 0.1) is 12.6 Å². The maximum atomic E-state index is 12.0. The van der Waals surface area contributed by atoms with E-state index in [9.17, 15) is 9.90 Å². The van der Waals surface area contributed by atoms with Crippen molar-refractivity contribution >= 4 is 5.91 Å². The molecule has 1 heterocycles. The number of aliphatic hydroxyl groups excluding tert-OH is 1. The molecule has 0 spiro atoms. The van der Waals surface area contributed by atoms with Crippen LogP contribution in [0.1, 0.15) is 51.4 Å². The first-order chi connectivity index (χ1) is 7.81. The van der Waals surface area contributed by atoms with Crippen molar-refractivity contribution in [3.8, 4) is 0 Å². The van der Waals surface area contributed by atoms with Gasteiger partial charge in [0, 0.05) is 13.0 Å². The summed E-state index contributed by atoms with van der Waals surface area (Å²) in [5.74, 6) is 1.06. The first kappa shape index (κ1) is 11.9. The van der Waals surface area contributed by atoms with E-state index in [2.05, 4.69) is 0 Å². The normalized spacial score (nSPS) is 26.6. The number of amides is 1. The maximum absolute atomic E-state index is 12.0. The lowest BCUT2D eigenvalue weighted by Crippen LogP contribution is -2.37. The van der Waals surface area contributed by atoms with Crippen LogP contribution < -0.4 is 0 Å². The van der Waals surface area contributed by atoms with Crippen LogP contribution in [0.15, 0.2) is 0 Å². The molecule has 16 heavy (non-hydrogen) atoms. The summed E-state index contributed by atoms with van der Waals surface area (Å²) in [5, 5.41) is 9.17. The number of carbonyl (C=O) groups is 1. The van der Waals surface area contributed by atoms with Gasteiger partial charge < -0.3 is 10.0 Å². The van der Waals surface area contributed by atoms with Crippen LogP contribution in [0.2, 0.25) is 0 Å². The smallest absolute Gasteiger partial charge is 0.222 e. The first-order valence-electron chi connectivity index (χ1n) is 6.71. The van der Waals surface area contributed by atoms with Crippen LogP contribution in [0, 0.1) is 5.92 Å². The predicted molar refractivity (Wildman–Crippen MR) is 63.0 cm³/mol. The second-order valence-electron chi connectivity index (χ2n) is 5.25. The van der Waals surface area contributed by atoms with Crippen molar-refractivity contribution in [2.45, 2.75) is 57.4 Å². The second kappa shape index (κ2) is 5.67. The van der Waals surface area contributed by atoms with Gasteiger partial charge in [-0.25, -0.2) is 0 Å². The molecule has 2 rings (SSSR count). The number of rotatable bonds is 4. The molecule has 2 aliphatic rings. The molecule has 1 atom stereocenters. The molecule has 1 aliphatic heterocycles. The zero-order chi connectivity index (χ0) is 11.4. The third kappa shape index (κ3) is 2.76. The lowest BCUT2D eigenvalue weighted by atomic mass is 10.0. The van der Waals surface area contributed by atoms with Gasteiger partial charge in [-0.1, -0.05) is 25.7 Å². The van der Waals surface area contributed by atoms with Crippen LogP contribution in [-0.2, 0) is 4.79 Å². The highest BCUT2D eigenvalue weighted by Crippen LogP contribution is 2.29. The molecule has 1 saturated heterocycles. The Hall–Kier alpha value is -0.570. The predicted octanol–water partition coefficient (Wildman–Crippen LogP) is 1.94. The number of carbonyl (C=O) groups excluding carboxylic acids is 1. The van der Waals surface area contributed by atoms with E-state index in [4.69, 9.17) is 0 Å². The lowest BCUT2D eigenvalue weighted by Gasteiger charge is -2.23. The van der Waals surface area contributed by atoms with Gasteiger partial charge in [0.15, 0.2) is 0 Å². The van der Waals surface area contributed by atoms with Crippen molar-refractivity contribution in [1.82, 2.24) is 4.90 Å². The molecule has 2 fully saturated rings. The van der Waals surface area contributed by atoms with Crippen LogP contribution >= 0.6 is 0 Å². The molecular formula is C13H23NO2. The third-order valence-electron chi connectivity index (χ3n) is 4.15. The fraction of sp³-hybridized carbons (Fsp3) is 0.923. The minimum absolute atomic E-state index is 0.107. The minimum atomic E-state index is 0.107. The zero-order valence-corrected chi connectivity index (χ0v) is 10.0. The Balaban J connectivity index is 1.74. The van der Waals surface area contributed by atoms with Crippen molar-refractivity contribution in [3.63, 3.8) is 0 Å². The van der Waals surface area contributed by atoms with E-state index in [0.29, 0.717) is 6.42 Å². The summed E-state index contributed by atoms with van der Waals surface area (Å²) in [6.45, 7) is 0.990. The number of hydrogen-bond acceptors (Lipinski definition) is 2. The second-order valence-corrected chi connectivity index (χ2v) is 5.25. The summed E-state index contributed by atoms with van der Waals surface area (Å²) in [4.78, 5) is 13.9. The summed E-state index contributed by atoms with van der Waals surface area (Å²) in [5.41, 5.74) is 0. The molecule has 0 radical (unpaired) electrons. The Morgan fingerprint density at radius 3 is 2.62 bits per heavy atom. The maximum Gasteiger partial charge on any atom is 0.222 e. The fourth-order valence-corrected chi connectivity index (χ4v) is 3.12. The molecular weight excluding hydrogens is 202 g/mol. The van der Waals surface area contributed by atoms with Crippen molar-refractivity contribution in [2.75, 3.05) is 13.2 Å². The lowest BCUT2D eigenvalue weighted by molar-refractivity contribution is -0.133. The average Bonchev–Trinajstić information content (AvgIpc) is 2.96. The molecule has 1 amide bonds. The van der Waals surface area contributed by atoms with E-state index in [-0.39, 0.29) is 18.6 Å². The van der Waals surface area contributed by atoms with Crippen molar-refractivity contribution in [3.05, 3.63) is 0 Å². The molecule has 0 bridgehead atoms. The van der Waals surface area contributed by atoms with Gasteiger partial charge in [-0.2, -0.15) is 0 Å². The SMILES string of the molecule is O=C(CCC1CCCC1)N1CCCC1CO. The molecule has 1 aliphatic carbocycles. The summed E-state index contributed by atoms with van der Waals surface area (Å²) in [6, 6.07) is 0.107. The van der Waals surface area contributed by atoms with Crippen LogP contribution in [0.25, 0.3) is 0 Å². The van der Waals surface area contributed by atoms with Gasteiger partial charge in [-0.05, 0) is 25.2 Å². The highest BCUT2D eigenvalue weighted by atomic mass is 16.3. The first-order valence-corrected chi connectivity index (χ1v) is 6.71. The third-order valence-corrected chi connectivity index (χ3v) is 4.15. The summed E-state index contributed by atoms with van der Waals surface area (Å²) in [7, 11) is 0. The highest BCUT2D eigenvalue weighted by Gasteiger charge is 2.28. The van der Waals surface area contributed by atoms with E-state index in [1.54, 1.807) is 0 Å². The number of hydrogen-bond donors (Lipinski definition) is 1. The Bertz CT molecular complexity index is 236. The topological polar surface area (TPSA) is 40.5 Å². The van der Waals surface area contributed by atoms with Crippen molar-refractivity contribution in [1.29, 1.82) is 0 Å². The van der Waals surface area contributed by atoms with Gasteiger partial charge in [-0.15, -0.1) is 0 Å². The molecule has 3 heteroatoms. The number of likely N-dealkylation sites (tertiary alicyclic amines) is 1. The molecule has 92 valence electrons. The molecule has 1 saturated carbocycles. The van der Waals surface area contributed by atoms with Gasteiger partial charge in [0.1, 0.15) is 0 Å². The molecule has 0 aromatic heterocycles. The van der Waals surface area contributed by atoms with Gasteiger partial charge in [0.25, 0.3) is 0 Å². The molecule has 0 aromatic carbocycles. The van der Waals surface area contributed by atoms with Crippen LogP contribution in [-0.4, -0.2) is 35.1 Å². The van der Waals surface area contributed by atoms with Crippen LogP contribution in [0.3, 0.4) is 0 Å². The van der Waals surface area contributed by atoms with Gasteiger partial charge >= 0.3 is 0 Å². The Morgan fingerprint density at radius 2 is 1.94 bits per heavy atom. The molecule has 1 unspecified atom stereocenters. The molecule has 1 N–H and O–H groups in total. The monoisotopic (exact) mass is 225 g/mol. The van der Waals surface area contributed by atoms with Crippen LogP contribution in [0.4, 0.5) is 0 Å². The van der Waals surface area contributed by atoms with Crippen molar-refractivity contribution in [2.24, 2.45) is 5.92 Å². The molecule has 0 aromatic rings. The Kier molecular flexibility index (Phi) is 4.22. The van der Waals surface area contributed by atoms with Crippen molar-refractivity contribution < 1.29 is 9.90 Å². The Morgan fingerprint density at radius 1 is 1.19 bits per heavy atom. The quantitative estimate of drug-likeness (QED) is 0.794. The van der Waals surface area contributed by atoms with Crippen LogP contribution in [0.5, 0.6) is 0 Å². The summed E-state index contributed by atoms with van der Waals surface area (Å²) in [6.07, 6.45) is 9.12. The highest BCUT2D eigenvalue weighted by molar-refractivity contribution is 5.76. The average molecular weight is 225 g/mol. The fourth-order valence-electron chi connectivity index (χ4n) is 3.12. The van der Waals surface area contributed by atoms with E-state index in [1.165, 1.54) is 25.7 Å². The number of aliphatic hydroxyl groups is 1.